The second-order valence-electron chi connectivity index (χ2n) is 3.51. The average molecular weight is 326 g/mol. The zero-order valence-corrected chi connectivity index (χ0v) is 11.3. The fourth-order valence-corrected chi connectivity index (χ4v) is 1.51. The first-order valence-corrected chi connectivity index (χ1v) is 5.37. The van der Waals surface area contributed by atoms with Crippen LogP contribution in [0, 0.1) is 0 Å². The van der Waals surface area contributed by atoms with E-state index in [-0.39, 0.29) is 24.0 Å². The van der Waals surface area contributed by atoms with Gasteiger partial charge in [-0.15, -0.1) is 12.4 Å². The van der Waals surface area contributed by atoms with Crippen molar-refractivity contribution in [3.05, 3.63) is 41.3 Å². The Balaban J connectivity index is 0.00000200. The number of halogens is 5. The van der Waals surface area contributed by atoms with Gasteiger partial charge in [0.15, 0.2) is 5.69 Å². The molecule has 0 aliphatic rings. The van der Waals surface area contributed by atoms with E-state index in [2.05, 4.69) is 9.97 Å². The Morgan fingerprint density at radius 3 is 2.25 bits per heavy atom. The van der Waals surface area contributed by atoms with Crippen molar-refractivity contribution in [3.63, 3.8) is 0 Å². The van der Waals surface area contributed by atoms with Crippen molar-refractivity contribution in [2.24, 2.45) is 0 Å². The first kappa shape index (κ1) is 16.3. The lowest BCUT2D eigenvalue weighted by Gasteiger charge is -2.11. The van der Waals surface area contributed by atoms with Crippen molar-refractivity contribution in [1.82, 2.24) is 9.97 Å². The largest absolute Gasteiger partial charge is 0.437 e. The Bertz CT molecular complexity index is 590. The number of nitrogen functional groups attached to an aromatic ring is 1. The molecule has 0 fully saturated rings. The second-order valence-corrected chi connectivity index (χ2v) is 3.89. The Morgan fingerprint density at radius 1 is 1.10 bits per heavy atom. The van der Waals surface area contributed by atoms with Crippen LogP contribution in [0.5, 0.6) is 11.6 Å². The van der Waals surface area contributed by atoms with Gasteiger partial charge in [-0.25, -0.2) is 9.97 Å². The van der Waals surface area contributed by atoms with Crippen LogP contribution < -0.4 is 10.5 Å². The lowest BCUT2D eigenvalue weighted by molar-refractivity contribution is -0.141. The number of nitrogens with two attached hydrogens (primary N) is 1. The van der Waals surface area contributed by atoms with E-state index in [1.54, 1.807) is 0 Å². The van der Waals surface area contributed by atoms with Crippen LogP contribution in [0.1, 0.15) is 5.69 Å². The molecular weight excluding hydrogens is 318 g/mol. The predicted molar refractivity (Wildman–Crippen MR) is 70.2 cm³/mol. The van der Waals surface area contributed by atoms with Crippen LogP contribution in [-0.2, 0) is 6.18 Å². The summed E-state index contributed by atoms with van der Waals surface area (Å²) in [6, 6.07) is 6.05. The molecular formula is C11H8Cl2F3N3O. The number of alkyl halides is 3. The Kier molecular flexibility index (Phi) is 5.02. The molecule has 0 spiro atoms. The molecule has 1 aromatic carbocycles. The fourth-order valence-electron chi connectivity index (χ4n) is 1.27. The molecule has 0 amide bonds. The summed E-state index contributed by atoms with van der Waals surface area (Å²) in [6.07, 6.45) is -3.93. The molecule has 0 radical (unpaired) electrons. The molecule has 4 nitrogen and oxygen atoms in total. The van der Waals surface area contributed by atoms with Gasteiger partial charge in [-0.3, -0.25) is 0 Å². The van der Waals surface area contributed by atoms with Crippen LogP contribution in [0.15, 0.2) is 30.6 Å². The van der Waals surface area contributed by atoms with Gasteiger partial charge in [0.2, 0.25) is 5.88 Å². The molecule has 2 N–H and O–H groups in total. The van der Waals surface area contributed by atoms with Gasteiger partial charge in [-0.05, 0) is 24.3 Å². The highest BCUT2D eigenvalue weighted by Gasteiger charge is 2.37. The minimum Gasteiger partial charge on any atom is -0.437 e. The molecule has 0 unspecified atom stereocenters. The normalized spacial score (nSPS) is 10.8. The number of aromatic nitrogens is 2. The topological polar surface area (TPSA) is 61.0 Å². The van der Waals surface area contributed by atoms with E-state index >= 15 is 0 Å². The second kappa shape index (κ2) is 6.15. The average Bonchev–Trinajstić information content (AvgIpc) is 2.33. The smallest absolute Gasteiger partial charge is 0.435 e. The molecule has 2 rings (SSSR count). The van der Waals surface area contributed by atoms with E-state index in [9.17, 15) is 13.2 Å². The standard InChI is InChI=1S/C11H7ClF3N3O.ClH/c12-8-9(11(13,14)15)17-5-18-10(8)19-7-3-1-6(16)2-4-7;/h1-5H,16H2;1H. The maximum Gasteiger partial charge on any atom is 0.435 e. The van der Waals surface area contributed by atoms with E-state index in [4.69, 9.17) is 22.1 Å². The summed E-state index contributed by atoms with van der Waals surface area (Å²) in [5.74, 6) is -0.100. The molecule has 0 saturated carbocycles. The van der Waals surface area contributed by atoms with Crippen LogP contribution in [0.2, 0.25) is 5.02 Å². The fraction of sp³-hybridized carbons (Fsp3) is 0.0909. The summed E-state index contributed by atoms with van der Waals surface area (Å²) < 4.78 is 42.9. The molecule has 108 valence electrons. The van der Waals surface area contributed by atoms with Gasteiger partial charge < -0.3 is 10.5 Å². The summed E-state index contributed by atoms with van der Waals surface area (Å²) in [7, 11) is 0. The summed E-state index contributed by atoms with van der Waals surface area (Å²) in [5.41, 5.74) is 4.73. The van der Waals surface area contributed by atoms with Crippen LogP contribution >= 0.6 is 24.0 Å². The van der Waals surface area contributed by atoms with Crippen LogP contribution in [0.4, 0.5) is 18.9 Å². The molecule has 0 atom stereocenters. The van der Waals surface area contributed by atoms with Gasteiger partial charge in [0, 0.05) is 5.69 Å². The van der Waals surface area contributed by atoms with Gasteiger partial charge in [-0.2, -0.15) is 13.2 Å². The van der Waals surface area contributed by atoms with E-state index in [1.807, 2.05) is 0 Å². The summed E-state index contributed by atoms with van der Waals surface area (Å²) in [4.78, 5) is 6.67. The van der Waals surface area contributed by atoms with Crippen LogP contribution in [0.3, 0.4) is 0 Å². The highest BCUT2D eigenvalue weighted by atomic mass is 35.5. The molecule has 0 saturated heterocycles. The van der Waals surface area contributed by atoms with Crippen molar-refractivity contribution >= 4 is 29.7 Å². The third-order valence-electron chi connectivity index (χ3n) is 2.12. The number of anilines is 1. The van der Waals surface area contributed by atoms with Crippen LogP contribution in [-0.4, -0.2) is 9.97 Å². The van der Waals surface area contributed by atoms with Gasteiger partial charge >= 0.3 is 6.18 Å². The SMILES string of the molecule is Cl.Nc1ccc(Oc2ncnc(C(F)(F)F)c2Cl)cc1. The summed E-state index contributed by atoms with van der Waals surface area (Å²) in [6.45, 7) is 0. The van der Waals surface area contributed by atoms with Crippen molar-refractivity contribution < 1.29 is 17.9 Å². The van der Waals surface area contributed by atoms with Crippen molar-refractivity contribution in [3.8, 4) is 11.6 Å². The van der Waals surface area contributed by atoms with E-state index in [1.165, 1.54) is 24.3 Å². The number of hydrogen-bond acceptors (Lipinski definition) is 4. The van der Waals surface area contributed by atoms with Crippen LogP contribution in [0.25, 0.3) is 0 Å². The quantitative estimate of drug-likeness (QED) is 0.849. The molecule has 0 aliphatic heterocycles. The minimum atomic E-state index is -4.67. The number of rotatable bonds is 2. The molecule has 1 aromatic heterocycles. The van der Waals surface area contributed by atoms with Crippen molar-refractivity contribution in [2.45, 2.75) is 6.18 Å². The van der Waals surface area contributed by atoms with E-state index in [0.717, 1.165) is 6.33 Å². The summed E-state index contributed by atoms with van der Waals surface area (Å²) >= 11 is 5.58. The number of ether oxygens (including phenoxy) is 1. The van der Waals surface area contributed by atoms with Crippen molar-refractivity contribution in [1.29, 1.82) is 0 Å². The van der Waals surface area contributed by atoms with Gasteiger partial charge in [0.05, 0.1) is 0 Å². The Morgan fingerprint density at radius 2 is 1.70 bits per heavy atom. The first-order valence-electron chi connectivity index (χ1n) is 4.99. The number of nitrogens with zero attached hydrogens (tertiary/aromatic N) is 2. The third-order valence-corrected chi connectivity index (χ3v) is 2.46. The van der Waals surface area contributed by atoms with Gasteiger partial charge in [0.25, 0.3) is 0 Å². The maximum absolute atomic E-state index is 12.6. The Hall–Kier alpha value is -1.73. The Labute approximate surface area is 123 Å². The minimum absolute atomic E-state index is 0. The maximum atomic E-state index is 12.6. The zero-order chi connectivity index (χ0) is 14.0. The molecule has 0 bridgehead atoms. The number of benzene rings is 1. The van der Waals surface area contributed by atoms with E-state index < -0.39 is 16.9 Å². The molecule has 2 aromatic rings. The molecule has 20 heavy (non-hydrogen) atoms. The van der Waals surface area contributed by atoms with Gasteiger partial charge in [0.1, 0.15) is 17.1 Å². The first-order chi connectivity index (χ1) is 8.88. The lowest BCUT2D eigenvalue weighted by Crippen LogP contribution is -2.10. The monoisotopic (exact) mass is 325 g/mol. The van der Waals surface area contributed by atoms with E-state index in [0.29, 0.717) is 5.69 Å². The molecule has 0 aliphatic carbocycles. The predicted octanol–water partition coefficient (Wildman–Crippen LogP) is 3.95. The third kappa shape index (κ3) is 3.64. The highest BCUT2D eigenvalue weighted by molar-refractivity contribution is 6.32. The number of hydrogen-bond donors (Lipinski definition) is 1. The molecule has 9 heteroatoms. The highest BCUT2D eigenvalue weighted by Crippen LogP contribution is 2.37. The van der Waals surface area contributed by atoms with Crippen molar-refractivity contribution in [2.75, 3.05) is 5.73 Å². The van der Waals surface area contributed by atoms with Gasteiger partial charge in [-0.1, -0.05) is 11.6 Å². The lowest BCUT2D eigenvalue weighted by atomic mass is 10.3. The zero-order valence-electron chi connectivity index (χ0n) is 9.69. The molecule has 1 heterocycles. The summed E-state index contributed by atoms with van der Waals surface area (Å²) in [5, 5.41) is -0.688.